The van der Waals surface area contributed by atoms with Gasteiger partial charge in [0.15, 0.2) is 0 Å². The van der Waals surface area contributed by atoms with Crippen LogP contribution in [0.3, 0.4) is 0 Å². The van der Waals surface area contributed by atoms with Crippen LogP contribution in [-0.2, 0) is 13.1 Å². The molecule has 0 fully saturated rings. The number of H-pyrrole nitrogens is 1. The Morgan fingerprint density at radius 1 is 1.00 bits per heavy atom. The van der Waals surface area contributed by atoms with Crippen LogP contribution in [0, 0.1) is 12.7 Å². The summed E-state index contributed by atoms with van der Waals surface area (Å²) in [5, 5.41) is 10.6. The smallest absolute Gasteiger partial charge is 0.144 e. The monoisotopic (exact) mass is 426 g/mol. The molecular formula is C23H19FN8. The summed E-state index contributed by atoms with van der Waals surface area (Å²) in [6.45, 7) is 4.24. The molecule has 1 aliphatic rings. The third kappa shape index (κ3) is 3.05. The van der Waals surface area contributed by atoms with Crippen molar-refractivity contribution in [2.45, 2.75) is 20.0 Å². The topological polar surface area (TPSA) is 97.2 Å². The second-order valence-electron chi connectivity index (χ2n) is 7.77. The maximum absolute atomic E-state index is 13.7. The highest BCUT2D eigenvalue weighted by molar-refractivity contribution is 5.84. The van der Waals surface area contributed by atoms with Crippen molar-refractivity contribution in [1.82, 2.24) is 40.0 Å². The molecule has 0 radical (unpaired) electrons. The molecule has 6 heterocycles. The Morgan fingerprint density at radius 3 is 2.81 bits per heavy atom. The Labute approximate surface area is 182 Å². The molecule has 5 aromatic rings. The van der Waals surface area contributed by atoms with Crippen LogP contribution in [0.15, 0.2) is 48.9 Å². The lowest BCUT2D eigenvalue weighted by molar-refractivity contribution is 0.519. The number of fused-ring (bicyclic) bond motifs is 2. The molecular weight excluding hydrogens is 407 g/mol. The van der Waals surface area contributed by atoms with Crippen molar-refractivity contribution in [3.05, 3.63) is 66.1 Å². The molecule has 0 bridgehead atoms. The van der Waals surface area contributed by atoms with E-state index in [1.54, 1.807) is 19.2 Å². The minimum atomic E-state index is -0.342. The molecule has 158 valence electrons. The zero-order valence-corrected chi connectivity index (χ0v) is 17.3. The number of aryl methyl sites for hydroxylation is 1. The summed E-state index contributed by atoms with van der Waals surface area (Å²) >= 11 is 0. The summed E-state index contributed by atoms with van der Waals surface area (Å²) in [5.74, 6) is 0.559. The average molecular weight is 426 g/mol. The van der Waals surface area contributed by atoms with E-state index in [9.17, 15) is 4.39 Å². The molecule has 1 aliphatic heterocycles. The predicted molar refractivity (Wildman–Crippen MR) is 118 cm³/mol. The molecule has 32 heavy (non-hydrogen) atoms. The molecule has 0 amide bonds. The van der Waals surface area contributed by atoms with Crippen LogP contribution >= 0.6 is 0 Å². The molecule has 9 heteroatoms. The molecule has 2 N–H and O–H groups in total. The number of hydrogen-bond acceptors (Lipinski definition) is 6. The predicted octanol–water partition coefficient (Wildman–Crippen LogP) is 3.50. The number of halogens is 1. The summed E-state index contributed by atoms with van der Waals surface area (Å²) < 4.78 is 15.9. The van der Waals surface area contributed by atoms with Crippen molar-refractivity contribution in [1.29, 1.82) is 0 Å². The highest BCUT2D eigenvalue weighted by atomic mass is 19.1. The van der Waals surface area contributed by atoms with Crippen LogP contribution in [0.5, 0.6) is 0 Å². The molecule has 0 unspecified atom stereocenters. The van der Waals surface area contributed by atoms with Gasteiger partial charge in [-0.2, -0.15) is 5.10 Å². The Morgan fingerprint density at radius 2 is 1.91 bits per heavy atom. The Hall–Kier alpha value is -3.98. The van der Waals surface area contributed by atoms with E-state index in [-0.39, 0.29) is 5.82 Å². The molecule has 0 atom stereocenters. The van der Waals surface area contributed by atoms with Gasteiger partial charge < -0.3 is 9.88 Å². The molecule has 0 saturated heterocycles. The zero-order valence-electron chi connectivity index (χ0n) is 17.3. The molecule has 0 saturated carbocycles. The van der Waals surface area contributed by atoms with E-state index in [2.05, 4.69) is 35.0 Å². The van der Waals surface area contributed by atoms with E-state index >= 15 is 0 Å². The Bertz CT molecular complexity index is 1470. The number of nitrogens with one attached hydrogen (secondary N) is 2. The highest BCUT2D eigenvalue weighted by Gasteiger charge is 2.17. The van der Waals surface area contributed by atoms with Crippen LogP contribution < -0.4 is 5.32 Å². The Balaban J connectivity index is 1.43. The van der Waals surface area contributed by atoms with E-state index < -0.39 is 0 Å². The lowest BCUT2D eigenvalue weighted by atomic mass is 10.1. The van der Waals surface area contributed by atoms with E-state index in [1.165, 1.54) is 6.07 Å². The van der Waals surface area contributed by atoms with Gasteiger partial charge in [0.1, 0.15) is 17.3 Å². The summed E-state index contributed by atoms with van der Waals surface area (Å²) in [5.41, 5.74) is 6.72. The lowest BCUT2D eigenvalue weighted by Crippen LogP contribution is -2.27. The molecule has 0 aliphatic carbocycles. The lowest BCUT2D eigenvalue weighted by Gasteiger charge is -2.17. The third-order valence-electron chi connectivity index (χ3n) is 5.73. The summed E-state index contributed by atoms with van der Waals surface area (Å²) in [6.07, 6.45) is 5.53. The van der Waals surface area contributed by atoms with Gasteiger partial charge in [0.2, 0.25) is 0 Å². The second kappa shape index (κ2) is 7.31. The number of aromatic amines is 1. The van der Waals surface area contributed by atoms with Crippen LogP contribution in [-0.4, -0.2) is 41.2 Å². The number of pyridine rings is 3. The van der Waals surface area contributed by atoms with Gasteiger partial charge in [-0.3, -0.25) is 10.1 Å². The zero-order chi connectivity index (χ0) is 21.7. The van der Waals surface area contributed by atoms with Gasteiger partial charge in [0, 0.05) is 43.2 Å². The maximum atomic E-state index is 13.7. The SMILES string of the molecule is Cc1nc(-c2n[nH]cc2-c2ccc3ncc(-c4ncc5n4CCNC5)cc3n2)ccc1F. The minimum absolute atomic E-state index is 0.329. The van der Waals surface area contributed by atoms with Crippen LogP contribution in [0.1, 0.15) is 11.4 Å². The van der Waals surface area contributed by atoms with Crippen molar-refractivity contribution in [3.63, 3.8) is 0 Å². The summed E-state index contributed by atoms with van der Waals surface area (Å²) in [4.78, 5) is 18.4. The van der Waals surface area contributed by atoms with Gasteiger partial charge in [0.05, 0.1) is 40.0 Å². The van der Waals surface area contributed by atoms with E-state index in [4.69, 9.17) is 4.98 Å². The van der Waals surface area contributed by atoms with Gasteiger partial charge in [-0.1, -0.05) is 0 Å². The molecule has 5 aromatic heterocycles. The van der Waals surface area contributed by atoms with Gasteiger partial charge in [0.25, 0.3) is 0 Å². The van der Waals surface area contributed by atoms with Gasteiger partial charge in [-0.25, -0.2) is 19.3 Å². The number of rotatable bonds is 3. The van der Waals surface area contributed by atoms with Crippen molar-refractivity contribution in [3.8, 4) is 34.0 Å². The standard InChI is InChI=1S/C23H19FN8/c1-13-17(24)2-3-20(29-13)22-16(12-28-31-22)18-4-5-19-21(30-18)8-14(9-26-19)23-27-11-15-10-25-6-7-32(15)23/h2-5,8-9,11-12,25H,6-7,10H2,1H3,(H,28,31). The fourth-order valence-electron chi connectivity index (χ4n) is 4.07. The van der Waals surface area contributed by atoms with Crippen LogP contribution in [0.25, 0.3) is 45.1 Å². The van der Waals surface area contributed by atoms with Crippen molar-refractivity contribution in [2.24, 2.45) is 0 Å². The first-order chi connectivity index (χ1) is 15.7. The second-order valence-corrected chi connectivity index (χ2v) is 7.77. The number of nitrogens with zero attached hydrogens (tertiary/aromatic N) is 6. The summed E-state index contributed by atoms with van der Waals surface area (Å²) in [7, 11) is 0. The van der Waals surface area contributed by atoms with Gasteiger partial charge >= 0.3 is 0 Å². The quantitative estimate of drug-likeness (QED) is 0.458. The summed E-state index contributed by atoms with van der Waals surface area (Å²) in [6, 6.07) is 8.89. The first-order valence-corrected chi connectivity index (χ1v) is 10.4. The third-order valence-corrected chi connectivity index (χ3v) is 5.73. The first kappa shape index (κ1) is 18.8. The van der Waals surface area contributed by atoms with Crippen LogP contribution in [0.4, 0.5) is 4.39 Å². The van der Waals surface area contributed by atoms with Gasteiger partial charge in [-0.05, 0) is 37.3 Å². The normalized spacial score (nSPS) is 13.4. The molecule has 8 nitrogen and oxygen atoms in total. The van der Waals surface area contributed by atoms with E-state index in [0.717, 1.165) is 59.0 Å². The molecule has 0 aromatic carbocycles. The Kier molecular flexibility index (Phi) is 4.29. The van der Waals surface area contributed by atoms with Crippen molar-refractivity contribution in [2.75, 3.05) is 6.54 Å². The van der Waals surface area contributed by atoms with E-state index in [1.807, 2.05) is 30.6 Å². The highest BCUT2D eigenvalue weighted by Crippen LogP contribution is 2.30. The number of aromatic nitrogens is 7. The van der Waals surface area contributed by atoms with Crippen LogP contribution in [0.2, 0.25) is 0 Å². The number of hydrogen-bond donors (Lipinski definition) is 2. The van der Waals surface area contributed by atoms with Crippen molar-refractivity contribution >= 4 is 11.0 Å². The fraction of sp³-hybridized carbons (Fsp3) is 0.174. The van der Waals surface area contributed by atoms with Crippen molar-refractivity contribution < 1.29 is 4.39 Å². The largest absolute Gasteiger partial charge is 0.326 e. The average Bonchev–Trinajstić information content (AvgIpc) is 3.48. The first-order valence-electron chi connectivity index (χ1n) is 10.4. The maximum Gasteiger partial charge on any atom is 0.144 e. The molecule has 0 spiro atoms. The molecule has 6 rings (SSSR count). The number of imidazole rings is 1. The minimum Gasteiger partial charge on any atom is -0.326 e. The van der Waals surface area contributed by atoms with Gasteiger partial charge in [-0.15, -0.1) is 0 Å². The fourth-order valence-corrected chi connectivity index (χ4v) is 4.07. The van der Waals surface area contributed by atoms with E-state index in [0.29, 0.717) is 17.1 Å².